The van der Waals surface area contributed by atoms with E-state index in [1.165, 1.54) is 0 Å². The highest BCUT2D eigenvalue weighted by molar-refractivity contribution is 5.84. The Bertz CT molecular complexity index is 467. The number of urea groups is 1. The molecule has 2 amide bonds. The van der Waals surface area contributed by atoms with E-state index < -0.39 is 31.1 Å². The minimum Gasteiger partial charge on any atom is -0.480 e. The Balaban J connectivity index is 2.55. The van der Waals surface area contributed by atoms with Gasteiger partial charge in [0.1, 0.15) is 24.5 Å². The third-order valence-electron chi connectivity index (χ3n) is 2.04. The number of carboxylic acids is 2. The normalized spacial score (nSPS) is 9.95. The van der Waals surface area contributed by atoms with E-state index in [4.69, 9.17) is 14.7 Å². The van der Waals surface area contributed by atoms with Crippen LogP contribution in [-0.4, -0.2) is 51.3 Å². The molecular weight excluding hydrogens is 258 g/mol. The first-order valence-corrected chi connectivity index (χ1v) is 5.27. The van der Waals surface area contributed by atoms with E-state index in [9.17, 15) is 14.4 Å². The van der Waals surface area contributed by atoms with E-state index >= 15 is 0 Å². The largest absolute Gasteiger partial charge is 0.480 e. The average Bonchev–Trinajstić information content (AvgIpc) is 2.70. The fourth-order valence-electron chi connectivity index (χ4n) is 1.31. The fourth-order valence-corrected chi connectivity index (χ4v) is 1.31. The number of carbonyl (C=O) groups excluding carboxylic acids is 1. The number of aromatic nitrogens is 1. The molecule has 1 aromatic heterocycles. The van der Waals surface area contributed by atoms with E-state index in [2.05, 4.69) is 10.5 Å². The van der Waals surface area contributed by atoms with Crippen LogP contribution in [0.5, 0.6) is 0 Å². The number of carboxylic acid groups (broad SMARTS) is 2. The molecule has 0 bridgehead atoms. The van der Waals surface area contributed by atoms with Crippen molar-refractivity contribution < 1.29 is 29.1 Å². The van der Waals surface area contributed by atoms with Gasteiger partial charge in [-0.25, -0.2) is 4.79 Å². The Morgan fingerprint density at radius 3 is 2.32 bits per heavy atom. The lowest BCUT2D eigenvalue weighted by atomic mass is 10.4. The Labute approximate surface area is 107 Å². The molecule has 0 aliphatic rings. The number of amides is 2. The minimum atomic E-state index is -1.30. The molecule has 0 aliphatic heterocycles. The quantitative estimate of drug-likeness (QED) is 0.644. The Kier molecular flexibility index (Phi) is 4.86. The maximum absolute atomic E-state index is 11.6. The molecule has 0 aromatic carbocycles. The van der Waals surface area contributed by atoms with Gasteiger partial charge < -0.3 is 25.0 Å². The molecule has 0 saturated heterocycles. The van der Waals surface area contributed by atoms with E-state index in [0.29, 0.717) is 16.4 Å². The summed E-state index contributed by atoms with van der Waals surface area (Å²) in [7, 11) is 0. The van der Waals surface area contributed by atoms with Crippen LogP contribution in [0.3, 0.4) is 0 Å². The standard InChI is InChI=1S/C10H13N3O6/c1-6-2-7(12-19-6)3-11-10(18)13(4-8(14)15)5-9(16)17/h2H,3-5H2,1H3,(H,11,18)(H,14,15)(H,16,17). The van der Waals surface area contributed by atoms with Gasteiger partial charge in [-0.15, -0.1) is 0 Å². The molecule has 1 heterocycles. The van der Waals surface area contributed by atoms with Crippen molar-refractivity contribution in [1.82, 2.24) is 15.4 Å². The van der Waals surface area contributed by atoms with Gasteiger partial charge in [-0.05, 0) is 6.92 Å². The lowest BCUT2D eigenvalue weighted by molar-refractivity contribution is -0.140. The fraction of sp³-hybridized carbons (Fsp3) is 0.400. The second-order valence-corrected chi connectivity index (χ2v) is 3.73. The zero-order chi connectivity index (χ0) is 14.4. The highest BCUT2D eigenvalue weighted by Crippen LogP contribution is 2.01. The Morgan fingerprint density at radius 2 is 1.89 bits per heavy atom. The summed E-state index contributed by atoms with van der Waals surface area (Å²) in [6.45, 7) is 0.303. The van der Waals surface area contributed by atoms with Gasteiger partial charge in [0.15, 0.2) is 0 Å². The monoisotopic (exact) mass is 271 g/mol. The summed E-state index contributed by atoms with van der Waals surface area (Å²) in [5, 5.41) is 23.2. The number of hydrogen-bond acceptors (Lipinski definition) is 5. The summed E-state index contributed by atoms with van der Waals surface area (Å²) < 4.78 is 4.78. The molecule has 1 rings (SSSR count). The second kappa shape index (κ2) is 6.38. The number of nitrogens with one attached hydrogen (secondary N) is 1. The number of rotatable bonds is 6. The van der Waals surface area contributed by atoms with Crippen molar-refractivity contribution in [3.8, 4) is 0 Å². The molecule has 0 fully saturated rings. The SMILES string of the molecule is Cc1cc(CNC(=O)N(CC(=O)O)CC(=O)O)no1. The molecule has 104 valence electrons. The van der Waals surface area contributed by atoms with E-state index in [-0.39, 0.29) is 6.54 Å². The molecule has 0 aliphatic carbocycles. The van der Waals surface area contributed by atoms with Gasteiger partial charge in [-0.1, -0.05) is 5.16 Å². The van der Waals surface area contributed by atoms with Gasteiger partial charge in [-0.3, -0.25) is 9.59 Å². The van der Waals surface area contributed by atoms with Gasteiger partial charge in [0.2, 0.25) is 0 Å². The van der Waals surface area contributed by atoms with Crippen LogP contribution < -0.4 is 5.32 Å². The molecule has 0 atom stereocenters. The van der Waals surface area contributed by atoms with Crippen LogP contribution in [0.15, 0.2) is 10.6 Å². The third-order valence-corrected chi connectivity index (χ3v) is 2.04. The maximum Gasteiger partial charge on any atom is 0.323 e. The highest BCUT2D eigenvalue weighted by atomic mass is 16.5. The number of nitrogens with zero attached hydrogens (tertiary/aromatic N) is 2. The first-order chi connectivity index (χ1) is 8.88. The van der Waals surface area contributed by atoms with Crippen LogP contribution in [0.2, 0.25) is 0 Å². The van der Waals surface area contributed by atoms with Gasteiger partial charge in [-0.2, -0.15) is 0 Å². The predicted molar refractivity (Wildman–Crippen MR) is 60.3 cm³/mol. The zero-order valence-corrected chi connectivity index (χ0v) is 10.1. The molecule has 3 N–H and O–H groups in total. The second-order valence-electron chi connectivity index (χ2n) is 3.73. The summed E-state index contributed by atoms with van der Waals surface area (Å²) in [6.07, 6.45) is 0. The molecule has 0 unspecified atom stereocenters. The van der Waals surface area contributed by atoms with Crippen molar-refractivity contribution in [3.05, 3.63) is 17.5 Å². The van der Waals surface area contributed by atoms with Crippen LogP contribution in [0.4, 0.5) is 4.79 Å². The molecule has 0 saturated carbocycles. The van der Waals surface area contributed by atoms with Crippen molar-refractivity contribution in [1.29, 1.82) is 0 Å². The first-order valence-electron chi connectivity index (χ1n) is 5.27. The van der Waals surface area contributed by atoms with Gasteiger partial charge in [0.25, 0.3) is 0 Å². The zero-order valence-electron chi connectivity index (χ0n) is 10.1. The summed E-state index contributed by atoms with van der Waals surface area (Å²) >= 11 is 0. The highest BCUT2D eigenvalue weighted by Gasteiger charge is 2.19. The Hall–Kier alpha value is -2.58. The molecule has 19 heavy (non-hydrogen) atoms. The van der Waals surface area contributed by atoms with Crippen molar-refractivity contribution in [2.45, 2.75) is 13.5 Å². The number of hydrogen-bond donors (Lipinski definition) is 3. The molecule has 1 aromatic rings. The van der Waals surface area contributed by atoms with E-state index in [1.54, 1.807) is 13.0 Å². The smallest absolute Gasteiger partial charge is 0.323 e. The van der Waals surface area contributed by atoms with Crippen molar-refractivity contribution >= 4 is 18.0 Å². The van der Waals surface area contributed by atoms with E-state index in [0.717, 1.165) is 0 Å². The summed E-state index contributed by atoms with van der Waals surface area (Å²) in [5.74, 6) is -2.03. The van der Waals surface area contributed by atoms with Crippen molar-refractivity contribution in [2.75, 3.05) is 13.1 Å². The molecule has 9 heteroatoms. The lowest BCUT2D eigenvalue weighted by Gasteiger charge is -2.18. The molecule has 9 nitrogen and oxygen atoms in total. The average molecular weight is 271 g/mol. The van der Waals surface area contributed by atoms with E-state index in [1.807, 2.05) is 0 Å². The molecular formula is C10H13N3O6. The van der Waals surface area contributed by atoms with Crippen LogP contribution >= 0.6 is 0 Å². The molecule has 0 spiro atoms. The predicted octanol–water partition coefficient (Wildman–Crippen LogP) is -0.336. The van der Waals surface area contributed by atoms with Crippen LogP contribution in [0, 0.1) is 6.92 Å². The summed E-state index contributed by atoms with van der Waals surface area (Å²) in [4.78, 5) is 33.4. The maximum atomic E-state index is 11.6. The van der Waals surface area contributed by atoms with Gasteiger partial charge in [0, 0.05) is 6.07 Å². The van der Waals surface area contributed by atoms with Crippen LogP contribution in [-0.2, 0) is 16.1 Å². The van der Waals surface area contributed by atoms with Crippen LogP contribution in [0.1, 0.15) is 11.5 Å². The third kappa shape index (κ3) is 5.06. The van der Waals surface area contributed by atoms with Crippen molar-refractivity contribution in [3.63, 3.8) is 0 Å². The molecule has 0 radical (unpaired) electrons. The first kappa shape index (κ1) is 14.5. The summed E-state index contributed by atoms with van der Waals surface area (Å²) in [6, 6.07) is 0.796. The minimum absolute atomic E-state index is 0.0198. The lowest BCUT2D eigenvalue weighted by Crippen LogP contribution is -2.45. The van der Waals surface area contributed by atoms with Gasteiger partial charge >= 0.3 is 18.0 Å². The van der Waals surface area contributed by atoms with Gasteiger partial charge in [0.05, 0.1) is 6.54 Å². The summed E-state index contributed by atoms with van der Waals surface area (Å²) in [5.41, 5.74) is 0.455. The van der Waals surface area contributed by atoms with Crippen LogP contribution in [0.25, 0.3) is 0 Å². The number of carbonyl (C=O) groups is 3. The van der Waals surface area contributed by atoms with Crippen molar-refractivity contribution in [2.24, 2.45) is 0 Å². The number of aryl methyl sites for hydroxylation is 1. The Morgan fingerprint density at radius 1 is 1.32 bits per heavy atom. The number of aliphatic carboxylic acids is 2. The topological polar surface area (TPSA) is 133 Å².